The Morgan fingerprint density at radius 3 is 2.63 bits per heavy atom. The van der Waals surface area contributed by atoms with Crippen molar-refractivity contribution in [3.63, 3.8) is 0 Å². The lowest BCUT2D eigenvalue weighted by Gasteiger charge is -2.33. The molecule has 0 bridgehead atoms. The first-order valence-corrected chi connectivity index (χ1v) is 8.76. The minimum atomic E-state index is -2.61. The SMILES string of the molecule is O=C(Nc1cccc2cccnc12)c1cc(N2CCC(F)(F)CC2)ccn1. The second-order valence-corrected chi connectivity index (χ2v) is 6.58. The number of nitrogens with one attached hydrogen (secondary N) is 1. The first kappa shape index (κ1) is 17.3. The van der Waals surface area contributed by atoms with Gasteiger partial charge in [-0.3, -0.25) is 14.8 Å². The van der Waals surface area contributed by atoms with E-state index in [2.05, 4.69) is 15.3 Å². The van der Waals surface area contributed by atoms with Gasteiger partial charge in [0.15, 0.2) is 0 Å². The van der Waals surface area contributed by atoms with Crippen molar-refractivity contribution in [2.45, 2.75) is 18.8 Å². The van der Waals surface area contributed by atoms with Crippen molar-refractivity contribution in [1.29, 1.82) is 0 Å². The second kappa shape index (κ2) is 6.90. The van der Waals surface area contributed by atoms with Crippen molar-refractivity contribution in [2.75, 3.05) is 23.3 Å². The molecule has 0 atom stereocenters. The predicted octanol–water partition coefficient (Wildman–Crippen LogP) is 4.12. The average molecular weight is 368 g/mol. The zero-order chi connectivity index (χ0) is 18.9. The fourth-order valence-electron chi connectivity index (χ4n) is 3.22. The van der Waals surface area contributed by atoms with Crippen LogP contribution in [0.25, 0.3) is 10.9 Å². The van der Waals surface area contributed by atoms with Crippen molar-refractivity contribution in [1.82, 2.24) is 9.97 Å². The Bertz CT molecular complexity index is 977. The Hall–Kier alpha value is -3.09. The van der Waals surface area contributed by atoms with E-state index >= 15 is 0 Å². The van der Waals surface area contributed by atoms with Crippen LogP contribution in [-0.2, 0) is 0 Å². The molecule has 3 heterocycles. The molecule has 5 nitrogen and oxygen atoms in total. The third kappa shape index (κ3) is 3.72. The maximum absolute atomic E-state index is 13.4. The maximum Gasteiger partial charge on any atom is 0.274 e. The van der Waals surface area contributed by atoms with Crippen LogP contribution >= 0.6 is 0 Å². The van der Waals surface area contributed by atoms with Crippen LogP contribution in [0.3, 0.4) is 0 Å². The smallest absolute Gasteiger partial charge is 0.274 e. The maximum atomic E-state index is 13.4. The number of pyridine rings is 2. The van der Waals surface area contributed by atoms with Gasteiger partial charge in [0.25, 0.3) is 11.8 Å². The molecule has 1 aliphatic heterocycles. The lowest BCUT2D eigenvalue weighted by molar-refractivity contribution is -0.0220. The summed E-state index contributed by atoms with van der Waals surface area (Å²) in [6.07, 6.45) is 2.83. The number of aromatic nitrogens is 2. The van der Waals surface area contributed by atoms with Gasteiger partial charge in [0.2, 0.25) is 0 Å². The largest absolute Gasteiger partial charge is 0.371 e. The van der Waals surface area contributed by atoms with E-state index in [1.54, 1.807) is 24.4 Å². The predicted molar refractivity (Wildman–Crippen MR) is 100 cm³/mol. The molecule has 0 spiro atoms. The number of rotatable bonds is 3. The van der Waals surface area contributed by atoms with Crippen molar-refractivity contribution >= 4 is 28.2 Å². The van der Waals surface area contributed by atoms with Gasteiger partial charge in [0.05, 0.1) is 11.2 Å². The molecule has 1 amide bonds. The Labute approximate surface area is 155 Å². The van der Waals surface area contributed by atoms with Gasteiger partial charge in [-0.1, -0.05) is 18.2 Å². The van der Waals surface area contributed by atoms with Crippen LogP contribution in [0.15, 0.2) is 54.9 Å². The number of halogens is 2. The highest BCUT2D eigenvalue weighted by atomic mass is 19.3. The quantitative estimate of drug-likeness (QED) is 0.756. The molecule has 4 rings (SSSR count). The summed E-state index contributed by atoms with van der Waals surface area (Å²) < 4.78 is 26.7. The molecule has 1 aromatic carbocycles. The van der Waals surface area contributed by atoms with Gasteiger partial charge in [-0.2, -0.15) is 0 Å². The number of piperidine rings is 1. The highest BCUT2D eigenvalue weighted by Gasteiger charge is 2.34. The van der Waals surface area contributed by atoms with E-state index in [9.17, 15) is 13.6 Å². The average Bonchev–Trinajstić information content (AvgIpc) is 2.68. The number of para-hydroxylation sites is 1. The van der Waals surface area contributed by atoms with Crippen molar-refractivity contribution < 1.29 is 13.6 Å². The molecule has 2 aromatic heterocycles. The molecule has 1 N–H and O–H groups in total. The van der Waals surface area contributed by atoms with Gasteiger partial charge in [0, 0.05) is 49.4 Å². The summed E-state index contributed by atoms with van der Waals surface area (Å²) in [5, 5.41) is 3.76. The zero-order valence-electron chi connectivity index (χ0n) is 14.5. The number of carbonyl (C=O) groups is 1. The molecule has 0 unspecified atom stereocenters. The number of hydrogen-bond acceptors (Lipinski definition) is 4. The number of alkyl halides is 2. The fourth-order valence-corrected chi connectivity index (χ4v) is 3.22. The van der Waals surface area contributed by atoms with Gasteiger partial charge in [-0.05, 0) is 24.3 Å². The Morgan fingerprint density at radius 1 is 1.04 bits per heavy atom. The Balaban J connectivity index is 1.54. The van der Waals surface area contributed by atoms with E-state index in [0.29, 0.717) is 11.2 Å². The summed E-state index contributed by atoms with van der Waals surface area (Å²) >= 11 is 0. The van der Waals surface area contributed by atoms with Crippen LogP contribution in [0.5, 0.6) is 0 Å². The van der Waals surface area contributed by atoms with E-state index < -0.39 is 5.92 Å². The number of amides is 1. The normalized spacial score (nSPS) is 16.3. The first-order chi connectivity index (χ1) is 13.0. The third-order valence-corrected chi connectivity index (χ3v) is 4.72. The van der Waals surface area contributed by atoms with Crippen molar-refractivity contribution in [3.05, 3.63) is 60.6 Å². The topological polar surface area (TPSA) is 58.1 Å². The summed E-state index contributed by atoms with van der Waals surface area (Å²) in [5.74, 6) is -2.97. The summed E-state index contributed by atoms with van der Waals surface area (Å²) in [6, 6.07) is 12.7. The van der Waals surface area contributed by atoms with E-state index in [1.165, 1.54) is 6.20 Å². The number of nitrogens with zero attached hydrogens (tertiary/aromatic N) is 3. The molecule has 3 aromatic rings. The molecule has 1 saturated heterocycles. The standard InChI is InChI=1S/C20H18F2N4O/c21-20(22)7-11-26(12-8-20)15-6-10-23-17(13-15)19(27)25-16-5-1-3-14-4-2-9-24-18(14)16/h1-6,9-10,13H,7-8,11-12H2,(H,25,27). The van der Waals surface area contributed by atoms with Crippen molar-refractivity contribution in [2.24, 2.45) is 0 Å². The lowest BCUT2D eigenvalue weighted by Crippen LogP contribution is -2.39. The fraction of sp³-hybridized carbons (Fsp3) is 0.250. The van der Waals surface area contributed by atoms with Gasteiger partial charge < -0.3 is 10.2 Å². The van der Waals surface area contributed by atoms with E-state index in [-0.39, 0.29) is 37.5 Å². The number of anilines is 2. The molecule has 1 aliphatic rings. The summed E-state index contributed by atoms with van der Waals surface area (Å²) in [4.78, 5) is 23.0. The molecular formula is C20H18F2N4O. The molecule has 0 radical (unpaired) electrons. The first-order valence-electron chi connectivity index (χ1n) is 8.76. The number of fused-ring (bicyclic) bond motifs is 1. The minimum absolute atomic E-state index is 0.182. The molecule has 27 heavy (non-hydrogen) atoms. The van der Waals surface area contributed by atoms with Crippen LogP contribution in [0.1, 0.15) is 23.3 Å². The van der Waals surface area contributed by atoms with Crippen LogP contribution in [-0.4, -0.2) is 34.9 Å². The van der Waals surface area contributed by atoms with Gasteiger partial charge in [-0.15, -0.1) is 0 Å². The van der Waals surface area contributed by atoms with Crippen LogP contribution < -0.4 is 10.2 Å². The van der Waals surface area contributed by atoms with Gasteiger partial charge in [0.1, 0.15) is 5.69 Å². The Morgan fingerprint density at radius 2 is 1.81 bits per heavy atom. The van der Waals surface area contributed by atoms with Crippen LogP contribution in [0.2, 0.25) is 0 Å². The summed E-state index contributed by atoms with van der Waals surface area (Å²) in [5.41, 5.74) is 2.25. The second-order valence-electron chi connectivity index (χ2n) is 6.58. The molecule has 138 valence electrons. The van der Waals surface area contributed by atoms with Gasteiger partial charge in [-0.25, -0.2) is 8.78 Å². The van der Waals surface area contributed by atoms with Crippen LogP contribution in [0, 0.1) is 0 Å². The van der Waals surface area contributed by atoms with Crippen molar-refractivity contribution in [3.8, 4) is 0 Å². The molecule has 0 aliphatic carbocycles. The molecule has 7 heteroatoms. The monoisotopic (exact) mass is 368 g/mol. The number of benzene rings is 1. The molecular weight excluding hydrogens is 350 g/mol. The lowest BCUT2D eigenvalue weighted by atomic mass is 10.1. The summed E-state index contributed by atoms with van der Waals surface area (Å²) in [7, 11) is 0. The number of hydrogen-bond donors (Lipinski definition) is 1. The van der Waals surface area contributed by atoms with Gasteiger partial charge >= 0.3 is 0 Å². The van der Waals surface area contributed by atoms with Crippen LogP contribution in [0.4, 0.5) is 20.2 Å². The molecule has 1 fully saturated rings. The zero-order valence-corrected chi connectivity index (χ0v) is 14.5. The summed E-state index contributed by atoms with van der Waals surface area (Å²) in [6.45, 7) is 0.511. The highest BCUT2D eigenvalue weighted by molar-refractivity contribution is 6.07. The van der Waals surface area contributed by atoms with E-state index in [1.807, 2.05) is 29.2 Å². The van der Waals surface area contributed by atoms with E-state index in [4.69, 9.17) is 0 Å². The minimum Gasteiger partial charge on any atom is -0.371 e. The number of carbonyl (C=O) groups excluding carboxylic acids is 1. The molecule has 0 saturated carbocycles. The Kier molecular flexibility index (Phi) is 4.43. The highest BCUT2D eigenvalue weighted by Crippen LogP contribution is 2.30. The third-order valence-electron chi connectivity index (χ3n) is 4.72. The van der Waals surface area contributed by atoms with E-state index in [0.717, 1.165) is 11.1 Å².